The first-order chi connectivity index (χ1) is 7.24. The zero-order valence-electron chi connectivity index (χ0n) is 8.35. The summed E-state index contributed by atoms with van der Waals surface area (Å²) in [5.74, 6) is 4.74. The van der Waals surface area contributed by atoms with E-state index in [0.717, 1.165) is 6.42 Å². The Balaban J connectivity index is 2.29. The van der Waals surface area contributed by atoms with Gasteiger partial charge in [0.15, 0.2) is 0 Å². The van der Waals surface area contributed by atoms with Crippen molar-refractivity contribution in [2.75, 3.05) is 0 Å². The van der Waals surface area contributed by atoms with Gasteiger partial charge in [0.05, 0.1) is 6.33 Å². The van der Waals surface area contributed by atoms with E-state index in [1.54, 1.807) is 0 Å². The molecule has 3 N–H and O–H groups in total. The topological polar surface area (TPSA) is 90.0 Å². The van der Waals surface area contributed by atoms with Gasteiger partial charge in [0.2, 0.25) is 5.91 Å². The average Bonchev–Trinajstić information content (AvgIpc) is 2.26. The summed E-state index contributed by atoms with van der Waals surface area (Å²) in [4.78, 5) is 25.8. The Morgan fingerprint density at radius 1 is 1.53 bits per heavy atom. The summed E-state index contributed by atoms with van der Waals surface area (Å²) >= 11 is 0. The lowest BCUT2D eigenvalue weighted by Crippen LogP contribution is -2.29. The van der Waals surface area contributed by atoms with Gasteiger partial charge in [-0.25, -0.2) is 10.8 Å². The van der Waals surface area contributed by atoms with Gasteiger partial charge < -0.3 is 0 Å². The lowest BCUT2D eigenvalue weighted by molar-refractivity contribution is -0.121. The second-order valence-corrected chi connectivity index (χ2v) is 3.14. The number of carbonyl (C=O) groups is 1. The first-order valence-corrected chi connectivity index (χ1v) is 4.74. The molecule has 0 aliphatic carbocycles. The van der Waals surface area contributed by atoms with E-state index in [0.29, 0.717) is 19.4 Å². The van der Waals surface area contributed by atoms with Crippen LogP contribution in [-0.4, -0.2) is 15.5 Å². The van der Waals surface area contributed by atoms with Crippen molar-refractivity contribution in [1.82, 2.24) is 15.0 Å². The first kappa shape index (κ1) is 11.4. The van der Waals surface area contributed by atoms with Crippen LogP contribution in [0.15, 0.2) is 23.4 Å². The second-order valence-electron chi connectivity index (χ2n) is 3.14. The maximum absolute atomic E-state index is 11.2. The van der Waals surface area contributed by atoms with Gasteiger partial charge in [-0.15, -0.1) is 0 Å². The van der Waals surface area contributed by atoms with Crippen LogP contribution in [-0.2, 0) is 11.3 Å². The Morgan fingerprint density at radius 3 is 3.00 bits per heavy atom. The fraction of sp³-hybridized carbons (Fsp3) is 0.444. The standard InChI is InChI=1S/C9H14N4O2/c10-12-8(14)3-1-2-6-13-7-11-5-4-9(13)15/h4-5,7H,1-3,6,10H2,(H,12,14). The second kappa shape index (κ2) is 5.92. The van der Waals surface area contributed by atoms with Crippen molar-refractivity contribution >= 4 is 5.91 Å². The highest BCUT2D eigenvalue weighted by Crippen LogP contribution is 1.96. The summed E-state index contributed by atoms with van der Waals surface area (Å²) in [6.45, 7) is 0.574. The van der Waals surface area contributed by atoms with Crippen molar-refractivity contribution in [3.05, 3.63) is 28.9 Å². The van der Waals surface area contributed by atoms with Crippen LogP contribution in [0.1, 0.15) is 19.3 Å². The van der Waals surface area contributed by atoms with Crippen LogP contribution < -0.4 is 16.8 Å². The van der Waals surface area contributed by atoms with Crippen LogP contribution >= 0.6 is 0 Å². The Labute approximate surface area is 87.1 Å². The number of hydrogen-bond donors (Lipinski definition) is 2. The van der Waals surface area contributed by atoms with Crippen LogP contribution in [0.25, 0.3) is 0 Å². The molecule has 0 atom stereocenters. The third kappa shape index (κ3) is 3.90. The Hall–Kier alpha value is -1.69. The molecule has 0 fully saturated rings. The number of nitrogens with zero attached hydrogens (tertiary/aromatic N) is 2. The molecule has 0 aliphatic heterocycles. The minimum absolute atomic E-state index is 0.0757. The maximum atomic E-state index is 11.2. The number of nitrogens with two attached hydrogens (primary N) is 1. The van der Waals surface area contributed by atoms with Crippen molar-refractivity contribution in [1.29, 1.82) is 0 Å². The fourth-order valence-electron chi connectivity index (χ4n) is 1.19. The zero-order valence-corrected chi connectivity index (χ0v) is 8.35. The third-order valence-electron chi connectivity index (χ3n) is 2.01. The quantitative estimate of drug-likeness (QED) is 0.294. The molecule has 0 aromatic carbocycles. The SMILES string of the molecule is NNC(=O)CCCCn1cnccc1=O. The number of carbonyl (C=O) groups excluding carboxylic acids is 1. The van der Waals surface area contributed by atoms with Crippen molar-refractivity contribution in [3.8, 4) is 0 Å². The lowest BCUT2D eigenvalue weighted by atomic mass is 10.2. The predicted molar refractivity (Wildman–Crippen MR) is 54.7 cm³/mol. The Kier molecular flexibility index (Phi) is 4.49. The summed E-state index contributed by atoms with van der Waals surface area (Å²) in [5.41, 5.74) is 1.98. The molecule has 6 heteroatoms. The van der Waals surface area contributed by atoms with Crippen LogP contribution in [0.2, 0.25) is 0 Å². The molecule has 0 saturated heterocycles. The monoisotopic (exact) mass is 210 g/mol. The molecular weight excluding hydrogens is 196 g/mol. The number of rotatable bonds is 5. The lowest BCUT2D eigenvalue weighted by Gasteiger charge is -2.03. The molecule has 1 heterocycles. The van der Waals surface area contributed by atoms with Crippen molar-refractivity contribution < 1.29 is 4.79 Å². The molecule has 0 bridgehead atoms. The Bertz CT molecular complexity index is 374. The molecule has 1 rings (SSSR count). The van der Waals surface area contributed by atoms with E-state index in [1.165, 1.54) is 23.2 Å². The molecular formula is C9H14N4O2. The van der Waals surface area contributed by atoms with Gasteiger partial charge in [0.25, 0.3) is 5.56 Å². The molecule has 1 amide bonds. The average molecular weight is 210 g/mol. The molecule has 6 nitrogen and oxygen atoms in total. The van der Waals surface area contributed by atoms with E-state index in [4.69, 9.17) is 5.84 Å². The number of hydrogen-bond acceptors (Lipinski definition) is 4. The fourth-order valence-corrected chi connectivity index (χ4v) is 1.19. The van der Waals surface area contributed by atoms with Gasteiger partial charge in [-0.05, 0) is 12.8 Å². The number of aromatic nitrogens is 2. The first-order valence-electron chi connectivity index (χ1n) is 4.74. The highest BCUT2D eigenvalue weighted by molar-refractivity contribution is 5.74. The minimum Gasteiger partial charge on any atom is -0.299 e. The highest BCUT2D eigenvalue weighted by Gasteiger charge is 1.98. The van der Waals surface area contributed by atoms with E-state index in [2.05, 4.69) is 10.4 Å². The summed E-state index contributed by atoms with van der Waals surface area (Å²) < 4.78 is 1.51. The molecule has 0 unspecified atom stereocenters. The number of aryl methyl sites for hydroxylation is 1. The van der Waals surface area contributed by atoms with E-state index >= 15 is 0 Å². The van der Waals surface area contributed by atoms with Crippen LogP contribution in [0.5, 0.6) is 0 Å². The summed E-state index contributed by atoms with van der Waals surface area (Å²) in [6, 6.07) is 1.41. The number of amides is 1. The molecule has 0 aliphatic rings. The molecule has 1 aromatic rings. The van der Waals surface area contributed by atoms with Gasteiger partial charge in [-0.1, -0.05) is 0 Å². The van der Waals surface area contributed by atoms with Crippen LogP contribution in [0.3, 0.4) is 0 Å². The predicted octanol–water partition coefficient (Wildman–Crippen LogP) is -0.597. The van der Waals surface area contributed by atoms with Crippen molar-refractivity contribution in [3.63, 3.8) is 0 Å². The maximum Gasteiger partial charge on any atom is 0.253 e. The molecule has 0 saturated carbocycles. The largest absolute Gasteiger partial charge is 0.299 e. The third-order valence-corrected chi connectivity index (χ3v) is 2.01. The highest BCUT2D eigenvalue weighted by atomic mass is 16.2. The van der Waals surface area contributed by atoms with Gasteiger partial charge in [0, 0.05) is 25.2 Å². The molecule has 0 radical (unpaired) electrons. The van der Waals surface area contributed by atoms with Crippen molar-refractivity contribution in [2.45, 2.75) is 25.8 Å². The number of hydrazine groups is 1. The number of unbranched alkanes of at least 4 members (excludes halogenated alkanes) is 1. The van der Waals surface area contributed by atoms with Crippen LogP contribution in [0, 0.1) is 0 Å². The smallest absolute Gasteiger partial charge is 0.253 e. The number of nitrogens with one attached hydrogen (secondary N) is 1. The molecule has 15 heavy (non-hydrogen) atoms. The summed E-state index contributed by atoms with van der Waals surface area (Å²) in [6.07, 6.45) is 4.78. The van der Waals surface area contributed by atoms with E-state index in [-0.39, 0.29) is 11.5 Å². The minimum atomic E-state index is -0.187. The molecule has 0 spiro atoms. The van der Waals surface area contributed by atoms with E-state index in [9.17, 15) is 9.59 Å². The van der Waals surface area contributed by atoms with Gasteiger partial charge in [-0.3, -0.25) is 19.6 Å². The van der Waals surface area contributed by atoms with Gasteiger partial charge >= 0.3 is 0 Å². The Morgan fingerprint density at radius 2 is 2.33 bits per heavy atom. The normalized spacial score (nSPS) is 9.93. The van der Waals surface area contributed by atoms with E-state index < -0.39 is 0 Å². The summed E-state index contributed by atoms with van der Waals surface area (Å²) in [5, 5.41) is 0. The summed E-state index contributed by atoms with van der Waals surface area (Å²) in [7, 11) is 0. The molecule has 1 aromatic heterocycles. The van der Waals surface area contributed by atoms with Gasteiger partial charge in [-0.2, -0.15) is 0 Å². The zero-order chi connectivity index (χ0) is 11.1. The van der Waals surface area contributed by atoms with Crippen molar-refractivity contribution in [2.24, 2.45) is 5.84 Å². The molecule has 82 valence electrons. The van der Waals surface area contributed by atoms with E-state index in [1.807, 2.05) is 0 Å². The van der Waals surface area contributed by atoms with Gasteiger partial charge in [0.1, 0.15) is 0 Å². The van der Waals surface area contributed by atoms with Crippen LogP contribution in [0.4, 0.5) is 0 Å².